The van der Waals surface area contributed by atoms with Gasteiger partial charge in [-0.25, -0.2) is 4.79 Å². The van der Waals surface area contributed by atoms with Gasteiger partial charge < -0.3 is 9.88 Å². The lowest BCUT2D eigenvalue weighted by Gasteiger charge is -2.26. The second-order valence-corrected chi connectivity index (χ2v) is 4.24. The molecule has 2 rings (SSSR count). The highest BCUT2D eigenvalue weighted by molar-refractivity contribution is 5.92. The van der Waals surface area contributed by atoms with Gasteiger partial charge in [0.1, 0.15) is 11.7 Å². The van der Waals surface area contributed by atoms with Gasteiger partial charge in [-0.15, -0.1) is 0 Å². The van der Waals surface area contributed by atoms with E-state index < -0.39 is 23.8 Å². The average molecular weight is 263 g/mol. The lowest BCUT2D eigenvalue weighted by Crippen LogP contribution is -2.45. The SMILES string of the molecule is Cn1c(C(=O)N2CCC[C@H]2C(F)(F)F)c[nH]c1=O. The number of likely N-dealkylation sites (tertiary alicyclic amines) is 1. The first-order valence-electron chi connectivity index (χ1n) is 5.44. The Balaban J connectivity index is 2.29. The number of amides is 1. The van der Waals surface area contributed by atoms with Gasteiger partial charge in [-0.1, -0.05) is 0 Å². The van der Waals surface area contributed by atoms with Crippen molar-refractivity contribution in [2.24, 2.45) is 7.05 Å². The van der Waals surface area contributed by atoms with E-state index >= 15 is 0 Å². The Labute approximate surface area is 100 Å². The summed E-state index contributed by atoms with van der Waals surface area (Å²) >= 11 is 0. The van der Waals surface area contributed by atoms with Crippen LogP contribution in [0.5, 0.6) is 0 Å². The van der Waals surface area contributed by atoms with Crippen LogP contribution in [0.15, 0.2) is 11.0 Å². The Kier molecular flexibility index (Phi) is 2.95. The predicted molar refractivity (Wildman–Crippen MR) is 56.1 cm³/mol. The molecule has 0 saturated carbocycles. The topological polar surface area (TPSA) is 58.1 Å². The zero-order chi connectivity index (χ0) is 13.5. The molecule has 8 heteroatoms. The molecular weight excluding hydrogens is 251 g/mol. The first-order valence-corrected chi connectivity index (χ1v) is 5.44. The van der Waals surface area contributed by atoms with Gasteiger partial charge in [0.15, 0.2) is 0 Å². The van der Waals surface area contributed by atoms with Gasteiger partial charge in [-0.2, -0.15) is 13.2 Å². The van der Waals surface area contributed by atoms with Crippen LogP contribution in [0, 0.1) is 0 Å². The number of H-pyrrole nitrogens is 1. The van der Waals surface area contributed by atoms with Crippen LogP contribution in [0.3, 0.4) is 0 Å². The summed E-state index contributed by atoms with van der Waals surface area (Å²) < 4.78 is 39.2. The first kappa shape index (κ1) is 12.7. The maximum Gasteiger partial charge on any atom is 0.408 e. The van der Waals surface area contributed by atoms with Crippen molar-refractivity contribution >= 4 is 5.91 Å². The van der Waals surface area contributed by atoms with Crippen molar-refractivity contribution in [1.29, 1.82) is 0 Å². The summed E-state index contributed by atoms with van der Waals surface area (Å²) in [5.41, 5.74) is -0.586. The Morgan fingerprint density at radius 1 is 1.50 bits per heavy atom. The lowest BCUT2D eigenvalue weighted by molar-refractivity contribution is -0.169. The van der Waals surface area contributed by atoms with E-state index in [-0.39, 0.29) is 18.7 Å². The largest absolute Gasteiger partial charge is 0.408 e. The smallest absolute Gasteiger partial charge is 0.325 e. The molecule has 2 heterocycles. The van der Waals surface area contributed by atoms with Crippen LogP contribution in [0.2, 0.25) is 0 Å². The zero-order valence-electron chi connectivity index (χ0n) is 9.62. The number of hydrogen-bond acceptors (Lipinski definition) is 2. The van der Waals surface area contributed by atoms with Crippen LogP contribution < -0.4 is 5.69 Å². The number of carbonyl (C=O) groups is 1. The maximum absolute atomic E-state index is 12.7. The molecule has 0 bridgehead atoms. The Hall–Kier alpha value is -1.73. The molecule has 0 unspecified atom stereocenters. The molecule has 1 N–H and O–H groups in total. The van der Waals surface area contributed by atoms with E-state index in [1.54, 1.807) is 0 Å². The average Bonchev–Trinajstić information content (AvgIpc) is 2.86. The summed E-state index contributed by atoms with van der Waals surface area (Å²) in [4.78, 5) is 26.2. The predicted octanol–water partition coefficient (Wildman–Crippen LogP) is 0.880. The van der Waals surface area contributed by atoms with E-state index in [0.717, 1.165) is 15.7 Å². The van der Waals surface area contributed by atoms with E-state index in [2.05, 4.69) is 4.98 Å². The highest BCUT2D eigenvalue weighted by atomic mass is 19.4. The highest BCUT2D eigenvalue weighted by Gasteiger charge is 2.48. The van der Waals surface area contributed by atoms with Gasteiger partial charge in [0.2, 0.25) is 0 Å². The van der Waals surface area contributed by atoms with Crippen molar-refractivity contribution in [3.8, 4) is 0 Å². The molecule has 1 amide bonds. The molecule has 1 saturated heterocycles. The minimum atomic E-state index is -4.43. The lowest BCUT2D eigenvalue weighted by atomic mass is 10.2. The maximum atomic E-state index is 12.7. The molecular formula is C10H12F3N3O2. The molecule has 100 valence electrons. The highest BCUT2D eigenvalue weighted by Crippen LogP contribution is 2.33. The van der Waals surface area contributed by atoms with Crippen molar-refractivity contribution in [1.82, 2.24) is 14.5 Å². The number of alkyl halides is 3. The van der Waals surface area contributed by atoms with E-state index in [0.29, 0.717) is 6.42 Å². The molecule has 1 aliphatic rings. The van der Waals surface area contributed by atoms with Crippen LogP contribution in [0.25, 0.3) is 0 Å². The number of halogens is 3. The molecule has 0 aliphatic carbocycles. The second kappa shape index (κ2) is 4.18. The molecule has 1 aromatic rings. The van der Waals surface area contributed by atoms with Gasteiger partial charge in [-0.05, 0) is 12.8 Å². The normalized spacial score (nSPS) is 20.4. The van der Waals surface area contributed by atoms with Crippen LogP contribution >= 0.6 is 0 Å². The minimum absolute atomic E-state index is 0.0579. The molecule has 1 fully saturated rings. The third kappa shape index (κ3) is 2.02. The second-order valence-electron chi connectivity index (χ2n) is 4.24. The zero-order valence-corrected chi connectivity index (χ0v) is 9.62. The molecule has 1 aliphatic heterocycles. The summed E-state index contributed by atoms with van der Waals surface area (Å²) in [7, 11) is 1.34. The van der Waals surface area contributed by atoms with Gasteiger partial charge >= 0.3 is 11.9 Å². The van der Waals surface area contributed by atoms with Crippen molar-refractivity contribution in [2.75, 3.05) is 6.54 Å². The van der Waals surface area contributed by atoms with Gasteiger partial charge in [0.25, 0.3) is 5.91 Å². The summed E-state index contributed by atoms with van der Waals surface area (Å²) in [6, 6.07) is -1.75. The Morgan fingerprint density at radius 3 is 2.67 bits per heavy atom. The summed E-state index contributed by atoms with van der Waals surface area (Å²) in [5, 5.41) is 0. The number of nitrogens with one attached hydrogen (secondary N) is 1. The quantitative estimate of drug-likeness (QED) is 0.817. The van der Waals surface area contributed by atoms with Crippen molar-refractivity contribution in [3.63, 3.8) is 0 Å². The molecule has 0 spiro atoms. The molecule has 0 aromatic carbocycles. The Bertz CT molecular complexity index is 517. The number of carbonyl (C=O) groups excluding carboxylic acids is 1. The summed E-state index contributed by atoms with van der Waals surface area (Å²) in [6.45, 7) is 0.0579. The van der Waals surface area contributed by atoms with E-state index in [1.165, 1.54) is 7.05 Å². The van der Waals surface area contributed by atoms with Gasteiger partial charge in [-0.3, -0.25) is 9.36 Å². The third-order valence-corrected chi connectivity index (χ3v) is 3.11. The number of aromatic nitrogens is 2. The molecule has 5 nitrogen and oxygen atoms in total. The van der Waals surface area contributed by atoms with Crippen molar-refractivity contribution < 1.29 is 18.0 Å². The standard InChI is InChI=1S/C10H12F3N3O2/c1-15-6(5-14-9(15)18)8(17)16-4-2-3-7(16)10(11,12)13/h5,7H,2-4H2,1H3,(H,14,18)/t7-/m0/s1. The van der Waals surface area contributed by atoms with E-state index in [4.69, 9.17) is 0 Å². The van der Waals surface area contributed by atoms with Gasteiger partial charge in [0, 0.05) is 19.8 Å². The molecule has 1 atom stereocenters. The molecule has 18 heavy (non-hydrogen) atoms. The van der Waals surface area contributed by atoms with Crippen molar-refractivity contribution in [2.45, 2.75) is 25.1 Å². The van der Waals surface area contributed by atoms with Crippen molar-refractivity contribution in [3.05, 3.63) is 22.4 Å². The molecule has 0 radical (unpaired) electrons. The van der Waals surface area contributed by atoms with Crippen LogP contribution in [0.4, 0.5) is 13.2 Å². The fourth-order valence-corrected chi connectivity index (χ4v) is 2.14. The fraction of sp³-hybridized carbons (Fsp3) is 0.600. The van der Waals surface area contributed by atoms with Crippen LogP contribution in [-0.2, 0) is 7.05 Å². The summed E-state index contributed by atoms with van der Waals surface area (Å²) in [5.74, 6) is -0.768. The van der Waals surface area contributed by atoms with Gasteiger partial charge in [0.05, 0.1) is 0 Å². The number of imidazole rings is 1. The van der Waals surface area contributed by atoms with Crippen LogP contribution in [-0.4, -0.2) is 39.1 Å². The van der Waals surface area contributed by atoms with E-state index in [9.17, 15) is 22.8 Å². The monoisotopic (exact) mass is 263 g/mol. The fourth-order valence-electron chi connectivity index (χ4n) is 2.14. The Morgan fingerprint density at radius 2 is 2.17 bits per heavy atom. The minimum Gasteiger partial charge on any atom is -0.325 e. The summed E-state index contributed by atoms with van der Waals surface area (Å²) in [6.07, 6.45) is -3.07. The number of nitrogens with zero attached hydrogens (tertiary/aromatic N) is 2. The van der Waals surface area contributed by atoms with Crippen LogP contribution in [0.1, 0.15) is 23.3 Å². The third-order valence-electron chi connectivity index (χ3n) is 3.11. The number of rotatable bonds is 1. The number of hydrogen-bond donors (Lipinski definition) is 1. The van der Waals surface area contributed by atoms with E-state index in [1.807, 2.05) is 0 Å². The number of aromatic amines is 1. The first-order chi connectivity index (χ1) is 8.32. The molecule has 1 aromatic heterocycles.